The van der Waals surface area contributed by atoms with Crippen molar-refractivity contribution in [3.8, 4) is 0 Å². The van der Waals surface area contributed by atoms with E-state index in [1.807, 2.05) is 0 Å². The summed E-state index contributed by atoms with van der Waals surface area (Å²) >= 11 is 0. The number of carbonyl (C=O) groups excluding carboxylic acids is 3. The van der Waals surface area contributed by atoms with Crippen LogP contribution in [0.15, 0.2) is 12.3 Å². The molecule has 1 aliphatic rings. The largest absolute Gasteiger partial charge is 0.491 e. The monoisotopic (exact) mass is 314 g/mol. The summed E-state index contributed by atoms with van der Waals surface area (Å²) in [5.41, 5.74) is -5.28. The molecule has 1 unspecified atom stereocenters. The summed E-state index contributed by atoms with van der Waals surface area (Å²) in [7, 11) is 0. The van der Waals surface area contributed by atoms with Crippen LogP contribution >= 0.6 is 0 Å². The summed E-state index contributed by atoms with van der Waals surface area (Å²) in [5.74, 6) is -2.37. The molecule has 0 spiro atoms. The summed E-state index contributed by atoms with van der Waals surface area (Å²) in [6, 6.07) is 0. The molecule has 0 saturated carbocycles. The van der Waals surface area contributed by atoms with Crippen molar-refractivity contribution in [2.24, 2.45) is 0 Å². The van der Waals surface area contributed by atoms with Crippen LogP contribution in [0.25, 0.3) is 0 Å². The Morgan fingerprint density at radius 2 is 1.64 bits per heavy atom. The van der Waals surface area contributed by atoms with Crippen LogP contribution in [0.2, 0.25) is 0 Å². The molecule has 0 bridgehead atoms. The molecule has 0 aromatic rings. The van der Waals surface area contributed by atoms with E-state index in [1.165, 1.54) is 20.8 Å². The first-order chi connectivity index (χ1) is 10.2. The molecule has 0 aromatic carbocycles. The molecule has 1 heterocycles. The molecule has 22 heavy (non-hydrogen) atoms. The Morgan fingerprint density at radius 3 is 2.09 bits per heavy atom. The number of hydrogen-bond donors (Lipinski definition) is 3. The Kier molecular flexibility index (Phi) is 5.61. The van der Waals surface area contributed by atoms with Crippen molar-refractivity contribution in [2.75, 3.05) is 0 Å². The lowest BCUT2D eigenvalue weighted by Gasteiger charge is -2.46. The zero-order valence-electron chi connectivity index (χ0n) is 12.9. The SMILES string of the molecule is CCC(=O)C(O)[C@H]1OC=C[C@](O)(C(=O)CC)[C@@]1(O)C(=O)CC. The average Bonchev–Trinajstić information content (AvgIpc) is 2.53. The van der Waals surface area contributed by atoms with E-state index in [1.54, 1.807) is 0 Å². The van der Waals surface area contributed by atoms with Crippen molar-refractivity contribution < 1.29 is 34.4 Å². The van der Waals surface area contributed by atoms with E-state index in [2.05, 4.69) is 0 Å². The van der Waals surface area contributed by atoms with Gasteiger partial charge in [0.05, 0.1) is 6.26 Å². The maximum Gasteiger partial charge on any atom is 0.202 e. The Hall–Kier alpha value is -1.57. The van der Waals surface area contributed by atoms with Crippen molar-refractivity contribution in [1.82, 2.24) is 0 Å². The van der Waals surface area contributed by atoms with Gasteiger partial charge in [0.1, 0.15) is 0 Å². The maximum absolute atomic E-state index is 12.3. The number of hydrogen-bond acceptors (Lipinski definition) is 7. The molecular formula is C15H22O7. The van der Waals surface area contributed by atoms with Gasteiger partial charge in [0.15, 0.2) is 35.2 Å². The number of aliphatic hydroxyl groups is 3. The van der Waals surface area contributed by atoms with Crippen LogP contribution in [0.1, 0.15) is 40.0 Å². The lowest BCUT2D eigenvalue weighted by atomic mass is 9.69. The van der Waals surface area contributed by atoms with E-state index in [9.17, 15) is 29.7 Å². The van der Waals surface area contributed by atoms with Crippen molar-refractivity contribution in [3.63, 3.8) is 0 Å². The second kappa shape index (κ2) is 6.68. The van der Waals surface area contributed by atoms with Gasteiger partial charge in [-0.25, -0.2) is 0 Å². The minimum atomic E-state index is -2.73. The fraction of sp³-hybridized carbons (Fsp3) is 0.667. The minimum absolute atomic E-state index is 0.0543. The zero-order valence-corrected chi connectivity index (χ0v) is 12.9. The first-order valence-corrected chi connectivity index (χ1v) is 7.25. The molecular weight excluding hydrogens is 292 g/mol. The van der Waals surface area contributed by atoms with Crippen LogP contribution in [0, 0.1) is 0 Å². The molecule has 3 N–H and O–H groups in total. The molecule has 7 nitrogen and oxygen atoms in total. The number of ketones is 3. The molecule has 0 saturated heterocycles. The summed E-state index contributed by atoms with van der Waals surface area (Å²) in [4.78, 5) is 36.1. The zero-order chi connectivity index (χ0) is 17.1. The number of ether oxygens (including phenoxy) is 1. The minimum Gasteiger partial charge on any atom is -0.491 e. The molecule has 0 radical (unpaired) electrons. The molecule has 0 aliphatic carbocycles. The molecule has 124 valence electrons. The lowest BCUT2D eigenvalue weighted by Crippen LogP contribution is -2.72. The van der Waals surface area contributed by atoms with Crippen molar-refractivity contribution in [1.29, 1.82) is 0 Å². The molecule has 0 aromatic heterocycles. The predicted molar refractivity (Wildman–Crippen MR) is 75.8 cm³/mol. The first kappa shape index (κ1) is 18.5. The Bertz CT molecular complexity index is 498. The van der Waals surface area contributed by atoms with Crippen LogP contribution in [-0.2, 0) is 19.1 Å². The number of carbonyl (C=O) groups is 3. The van der Waals surface area contributed by atoms with Gasteiger partial charge in [-0.1, -0.05) is 20.8 Å². The average molecular weight is 314 g/mol. The highest BCUT2D eigenvalue weighted by molar-refractivity contribution is 6.02. The van der Waals surface area contributed by atoms with Crippen LogP contribution in [0.4, 0.5) is 0 Å². The highest BCUT2D eigenvalue weighted by Crippen LogP contribution is 2.38. The normalized spacial score (nSPS) is 32.2. The Labute approximate surface area is 128 Å². The summed E-state index contributed by atoms with van der Waals surface area (Å²) in [6.45, 7) is 4.39. The van der Waals surface area contributed by atoms with E-state index in [-0.39, 0.29) is 19.3 Å². The second-order valence-corrected chi connectivity index (χ2v) is 5.21. The quantitative estimate of drug-likeness (QED) is 0.587. The van der Waals surface area contributed by atoms with E-state index in [0.29, 0.717) is 0 Å². The molecule has 1 rings (SSSR count). The van der Waals surface area contributed by atoms with Crippen molar-refractivity contribution >= 4 is 17.3 Å². The predicted octanol–water partition coefficient (Wildman–Crippen LogP) is -0.341. The lowest BCUT2D eigenvalue weighted by molar-refractivity contribution is -0.215. The van der Waals surface area contributed by atoms with E-state index < -0.39 is 40.8 Å². The molecule has 0 fully saturated rings. The van der Waals surface area contributed by atoms with E-state index in [0.717, 1.165) is 12.3 Å². The van der Waals surface area contributed by atoms with E-state index >= 15 is 0 Å². The summed E-state index contributed by atoms with van der Waals surface area (Å²) in [5, 5.41) is 31.5. The van der Waals surface area contributed by atoms with Crippen molar-refractivity contribution in [2.45, 2.75) is 63.4 Å². The fourth-order valence-corrected chi connectivity index (χ4v) is 2.56. The van der Waals surface area contributed by atoms with Crippen LogP contribution in [-0.4, -0.2) is 56.1 Å². The van der Waals surface area contributed by atoms with Crippen LogP contribution < -0.4 is 0 Å². The third-order valence-corrected chi connectivity index (χ3v) is 3.98. The molecule has 4 atom stereocenters. The van der Waals surface area contributed by atoms with Gasteiger partial charge in [0.2, 0.25) is 5.60 Å². The Balaban J connectivity index is 3.47. The first-order valence-electron chi connectivity index (χ1n) is 7.25. The van der Waals surface area contributed by atoms with Crippen LogP contribution in [0.3, 0.4) is 0 Å². The van der Waals surface area contributed by atoms with Crippen molar-refractivity contribution in [3.05, 3.63) is 12.3 Å². The number of Topliss-reactive ketones (excluding diaryl/α,β-unsaturated/α-hetero) is 3. The van der Waals surface area contributed by atoms with E-state index in [4.69, 9.17) is 4.74 Å². The van der Waals surface area contributed by atoms with Crippen LogP contribution in [0.5, 0.6) is 0 Å². The van der Waals surface area contributed by atoms with Gasteiger partial charge in [0.25, 0.3) is 0 Å². The number of rotatable bonds is 7. The van der Waals surface area contributed by atoms with Gasteiger partial charge in [-0.2, -0.15) is 0 Å². The smallest absolute Gasteiger partial charge is 0.202 e. The molecule has 0 amide bonds. The standard InChI is InChI=1S/C15H22O7/c1-4-9(16)12(19)13-15(21,11(18)6-3)14(20,7-8-22-13)10(17)5-2/h7-8,12-13,19-21H,4-6H2,1-3H3/t12?,13-,14+,15-/m1/s1. The third kappa shape index (κ3) is 2.60. The van der Waals surface area contributed by atoms with Gasteiger partial charge < -0.3 is 20.1 Å². The highest BCUT2D eigenvalue weighted by Gasteiger charge is 2.65. The molecule has 1 aliphatic heterocycles. The molecule has 7 heteroatoms. The van der Waals surface area contributed by atoms with Gasteiger partial charge in [-0.3, -0.25) is 14.4 Å². The maximum atomic E-state index is 12.3. The summed E-state index contributed by atoms with van der Waals surface area (Å²) < 4.78 is 5.06. The number of aliphatic hydroxyl groups excluding tert-OH is 1. The third-order valence-electron chi connectivity index (χ3n) is 3.98. The highest BCUT2D eigenvalue weighted by atomic mass is 16.5. The fourth-order valence-electron chi connectivity index (χ4n) is 2.56. The topological polar surface area (TPSA) is 121 Å². The van der Waals surface area contributed by atoms with Gasteiger partial charge in [-0.15, -0.1) is 0 Å². The summed E-state index contributed by atoms with van der Waals surface area (Å²) in [6.07, 6.45) is -2.21. The second-order valence-electron chi connectivity index (χ2n) is 5.21. The van der Waals surface area contributed by atoms with Gasteiger partial charge >= 0.3 is 0 Å². The van der Waals surface area contributed by atoms with Gasteiger partial charge in [0, 0.05) is 19.3 Å². The van der Waals surface area contributed by atoms with Gasteiger partial charge in [-0.05, 0) is 6.08 Å². The Morgan fingerprint density at radius 1 is 1.09 bits per heavy atom.